The zero-order chi connectivity index (χ0) is 16.7. The molecule has 0 saturated heterocycles. The average molecular weight is 311 g/mol. The van der Waals surface area contributed by atoms with Crippen molar-refractivity contribution in [1.82, 2.24) is 4.98 Å². The molecule has 6 heteroatoms. The average Bonchev–Trinajstić information content (AvgIpc) is 2.59. The second-order valence-corrected chi connectivity index (χ2v) is 4.76. The van der Waals surface area contributed by atoms with Crippen LogP contribution in [0, 0.1) is 18.3 Å². The van der Waals surface area contributed by atoms with Gasteiger partial charge in [-0.15, -0.1) is 0 Å². The summed E-state index contributed by atoms with van der Waals surface area (Å²) in [5.41, 5.74) is 1.83. The zero-order valence-electron chi connectivity index (χ0n) is 13.0. The Morgan fingerprint density at radius 3 is 2.96 bits per heavy atom. The lowest BCUT2D eigenvalue weighted by atomic mass is 10.1. The van der Waals surface area contributed by atoms with Crippen molar-refractivity contribution in [3.8, 4) is 11.8 Å². The van der Waals surface area contributed by atoms with E-state index in [0.29, 0.717) is 29.2 Å². The Bertz CT molecular complexity index is 738. The van der Waals surface area contributed by atoms with Crippen molar-refractivity contribution in [2.24, 2.45) is 0 Å². The number of nitrogens with one attached hydrogen (secondary N) is 1. The number of hydrogen-bond donors (Lipinski definition) is 1. The molecule has 2 rings (SSSR count). The molecule has 23 heavy (non-hydrogen) atoms. The highest BCUT2D eigenvalue weighted by molar-refractivity contribution is 5.90. The largest absolute Gasteiger partial charge is 0.496 e. The SMILES string of the molecule is COc1cc(C(=O)OCCNc2ncccc2C#N)ccc1C. The normalized spacial score (nSPS) is 9.78. The molecule has 2 aromatic rings. The maximum atomic E-state index is 12.0. The van der Waals surface area contributed by atoms with Crippen molar-refractivity contribution < 1.29 is 14.3 Å². The molecule has 1 N–H and O–H groups in total. The molecule has 6 nitrogen and oxygen atoms in total. The monoisotopic (exact) mass is 311 g/mol. The van der Waals surface area contributed by atoms with Crippen LogP contribution in [0.2, 0.25) is 0 Å². The fourth-order valence-electron chi connectivity index (χ4n) is 1.98. The van der Waals surface area contributed by atoms with Gasteiger partial charge in [0.25, 0.3) is 0 Å². The van der Waals surface area contributed by atoms with Crippen molar-refractivity contribution >= 4 is 11.8 Å². The lowest BCUT2D eigenvalue weighted by Crippen LogP contribution is -2.15. The minimum atomic E-state index is -0.424. The maximum Gasteiger partial charge on any atom is 0.338 e. The van der Waals surface area contributed by atoms with E-state index in [4.69, 9.17) is 14.7 Å². The molecule has 0 aliphatic carbocycles. The molecule has 1 aromatic carbocycles. The molecule has 0 atom stereocenters. The summed E-state index contributed by atoms with van der Waals surface area (Å²) in [6.07, 6.45) is 1.59. The van der Waals surface area contributed by atoms with Crippen LogP contribution in [0.25, 0.3) is 0 Å². The smallest absolute Gasteiger partial charge is 0.338 e. The summed E-state index contributed by atoms with van der Waals surface area (Å²) in [5, 5.41) is 11.9. The lowest BCUT2D eigenvalue weighted by Gasteiger charge is -2.09. The van der Waals surface area contributed by atoms with Gasteiger partial charge in [0.15, 0.2) is 0 Å². The molecule has 0 aliphatic rings. The van der Waals surface area contributed by atoms with Gasteiger partial charge in [-0.25, -0.2) is 9.78 Å². The number of pyridine rings is 1. The first-order chi connectivity index (χ1) is 11.2. The van der Waals surface area contributed by atoms with E-state index in [0.717, 1.165) is 5.56 Å². The molecular formula is C17H17N3O3. The van der Waals surface area contributed by atoms with Crippen LogP contribution in [0.4, 0.5) is 5.82 Å². The van der Waals surface area contributed by atoms with Crippen LogP contribution in [0.1, 0.15) is 21.5 Å². The number of aryl methyl sites for hydroxylation is 1. The van der Waals surface area contributed by atoms with Crippen molar-refractivity contribution in [2.75, 3.05) is 25.6 Å². The highest BCUT2D eigenvalue weighted by Gasteiger charge is 2.10. The van der Waals surface area contributed by atoms with Crippen LogP contribution in [0.15, 0.2) is 36.5 Å². The third kappa shape index (κ3) is 4.20. The number of esters is 1. The lowest BCUT2D eigenvalue weighted by molar-refractivity contribution is 0.0520. The third-order valence-electron chi connectivity index (χ3n) is 3.20. The van der Waals surface area contributed by atoms with Gasteiger partial charge in [0, 0.05) is 6.20 Å². The summed E-state index contributed by atoms with van der Waals surface area (Å²) in [6, 6.07) is 10.5. The van der Waals surface area contributed by atoms with Gasteiger partial charge in [0.2, 0.25) is 0 Å². The van der Waals surface area contributed by atoms with Crippen LogP contribution in [-0.4, -0.2) is 31.2 Å². The highest BCUT2D eigenvalue weighted by Crippen LogP contribution is 2.19. The van der Waals surface area contributed by atoms with Crippen LogP contribution >= 0.6 is 0 Å². The van der Waals surface area contributed by atoms with Crippen LogP contribution in [-0.2, 0) is 4.74 Å². The van der Waals surface area contributed by atoms with E-state index in [1.807, 2.05) is 13.0 Å². The van der Waals surface area contributed by atoms with Crippen LogP contribution < -0.4 is 10.1 Å². The molecule has 0 radical (unpaired) electrons. The summed E-state index contributed by atoms with van der Waals surface area (Å²) >= 11 is 0. The number of hydrogen-bond acceptors (Lipinski definition) is 6. The number of anilines is 1. The minimum absolute atomic E-state index is 0.163. The standard InChI is InChI=1S/C17H17N3O3/c1-12-5-6-13(10-15(12)22-2)17(21)23-9-8-20-16-14(11-18)4-3-7-19-16/h3-7,10H,8-9H2,1-2H3,(H,19,20). The number of nitriles is 1. The Morgan fingerprint density at radius 1 is 1.39 bits per heavy atom. The number of carbonyl (C=O) groups excluding carboxylic acids is 1. The highest BCUT2D eigenvalue weighted by atomic mass is 16.5. The molecule has 0 fully saturated rings. The molecule has 0 unspecified atom stereocenters. The van der Waals surface area contributed by atoms with Gasteiger partial charge in [0.1, 0.15) is 24.2 Å². The Balaban J connectivity index is 1.87. The van der Waals surface area contributed by atoms with Crippen molar-refractivity contribution in [3.63, 3.8) is 0 Å². The van der Waals surface area contributed by atoms with Crippen molar-refractivity contribution in [1.29, 1.82) is 5.26 Å². The zero-order valence-corrected chi connectivity index (χ0v) is 13.0. The maximum absolute atomic E-state index is 12.0. The first-order valence-electron chi connectivity index (χ1n) is 7.06. The van der Waals surface area contributed by atoms with E-state index in [-0.39, 0.29) is 6.61 Å². The van der Waals surface area contributed by atoms with E-state index in [1.165, 1.54) is 0 Å². The number of rotatable bonds is 6. The van der Waals surface area contributed by atoms with Gasteiger partial charge in [-0.2, -0.15) is 5.26 Å². The summed E-state index contributed by atoms with van der Waals surface area (Å²) in [4.78, 5) is 16.1. The van der Waals surface area contributed by atoms with Gasteiger partial charge in [0.05, 0.1) is 24.8 Å². The predicted octanol–water partition coefficient (Wildman–Crippen LogP) is 2.54. The molecule has 0 saturated carbocycles. The van der Waals surface area contributed by atoms with Gasteiger partial charge in [-0.05, 0) is 36.8 Å². The molecule has 1 aromatic heterocycles. The van der Waals surface area contributed by atoms with Gasteiger partial charge in [-0.1, -0.05) is 6.07 Å². The Morgan fingerprint density at radius 2 is 2.22 bits per heavy atom. The molecule has 0 aliphatic heterocycles. The fraction of sp³-hybridized carbons (Fsp3) is 0.235. The van der Waals surface area contributed by atoms with Gasteiger partial charge >= 0.3 is 5.97 Å². The Hall–Kier alpha value is -3.07. The van der Waals surface area contributed by atoms with Gasteiger partial charge in [-0.3, -0.25) is 0 Å². The molecule has 1 heterocycles. The van der Waals surface area contributed by atoms with E-state index in [9.17, 15) is 4.79 Å². The quantitative estimate of drug-likeness (QED) is 0.652. The predicted molar refractivity (Wildman–Crippen MR) is 85.5 cm³/mol. The summed E-state index contributed by atoms with van der Waals surface area (Å²) < 4.78 is 10.4. The first-order valence-corrected chi connectivity index (χ1v) is 7.06. The second kappa shape index (κ2) is 7.80. The minimum Gasteiger partial charge on any atom is -0.496 e. The van der Waals surface area contributed by atoms with Crippen LogP contribution in [0.5, 0.6) is 5.75 Å². The number of ether oxygens (including phenoxy) is 2. The molecule has 118 valence electrons. The molecule has 0 bridgehead atoms. The van der Waals surface area contributed by atoms with E-state index < -0.39 is 5.97 Å². The van der Waals surface area contributed by atoms with Gasteiger partial charge < -0.3 is 14.8 Å². The summed E-state index contributed by atoms with van der Waals surface area (Å²) in [5.74, 6) is 0.694. The second-order valence-electron chi connectivity index (χ2n) is 4.76. The number of aromatic nitrogens is 1. The Labute approximate surface area is 134 Å². The number of benzene rings is 1. The topological polar surface area (TPSA) is 84.2 Å². The van der Waals surface area contributed by atoms with E-state index >= 15 is 0 Å². The molecular weight excluding hydrogens is 294 g/mol. The molecule has 0 spiro atoms. The Kier molecular flexibility index (Phi) is 5.53. The number of nitrogens with zero attached hydrogens (tertiary/aromatic N) is 2. The third-order valence-corrected chi connectivity index (χ3v) is 3.20. The fourth-order valence-corrected chi connectivity index (χ4v) is 1.98. The summed E-state index contributed by atoms with van der Waals surface area (Å²) in [6.45, 7) is 2.43. The first kappa shape index (κ1) is 16.3. The summed E-state index contributed by atoms with van der Waals surface area (Å²) in [7, 11) is 1.56. The number of carbonyl (C=O) groups is 1. The van der Waals surface area contributed by atoms with Crippen LogP contribution in [0.3, 0.4) is 0 Å². The van der Waals surface area contributed by atoms with Crippen molar-refractivity contribution in [2.45, 2.75) is 6.92 Å². The van der Waals surface area contributed by atoms with E-state index in [2.05, 4.69) is 10.3 Å². The molecule has 0 amide bonds. The van der Waals surface area contributed by atoms with Crippen molar-refractivity contribution in [3.05, 3.63) is 53.2 Å². The number of methoxy groups -OCH3 is 1. The van der Waals surface area contributed by atoms with E-state index in [1.54, 1.807) is 43.6 Å².